The minimum atomic E-state index is -0.896. The van der Waals surface area contributed by atoms with Crippen LogP contribution < -0.4 is 14.8 Å². The Labute approximate surface area is 147 Å². The maximum atomic E-state index is 12.3. The van der Waals surface area contributed by atoms with E-state index in [4.69, 9.17) is 26.2 Å². The van der Waals surface area contributed by atoms with Gasteiger partial charge in [0.25, 0.3) is 5.91 Å². The van der Waals surface area contributed by atoms with Crippen molar-refractivity contribution >= 4 is 23.5 Å². The van der Waals surface area contributed by atoms with Crippen molar-refractivity contribution in [2.45, 2.75) is 39.7 Å². The predicted octanol–water partition coefficient (Wildman–Crippen LogP) is 3.37. The lowest BCUT2D eigenvalue weighted by atomic mass is 10.1. The number of ether oxygens (including phenoxy) is 2. The number of amides is 1. The van der Waals surface area contributed by atoms with E-state index in [1.807, 2.05) is 13.8 Å². The van der Waals surface area contributed by atoms with Gasteiger partial charge in [-0.3, -0.25) is 9.59 Å². The highest BCUT2D eigenvalue weighted by molar-refractivity contribution is 6.32. The Hall–Kier alpha value is -1.95. The number of carboxylic acids is 1. The first-order valence-corrected chi connectivity index (χ1v) is 8.15. The summed E-state index contributed by atoms with van der Waals surface area (Å²) in [7, 11) is 1.48. The van der Waals surface area contributed by atoms with Gasteiger partial charge in [0.1, 0.15) is 0 Å². The van der Waals surface area contributed by atoms with Gasteiger partial charge in [0, 0.05) is 18.0 Å². The van der Waals surface area contributed by atoms with Crippen molar-refractivity contribution < 1.29 is 24.2 Å². The van der Waals surface area contributed by atoms with Gasteiger partial charge in [-0.05, 0) is 31.4 Å². The Morgan fingerprint density at radius 2 is 1.96 bits per heavy atom. The maximum absolute atomic E-state index is 12.3. The van der Waals surface area contributed by atoms with E-state index in [0.29, 0.717) is 41.0 Å². The summed E-state index contributed by atoms with van der Waals surface area (Å²) in [5, 5.41) is 11.7. The average molecular weight is 358 g/mol. The number of carboxylic acid groups (broad SMARTS) is 1. The SMILES string of the molecule is COc1cc(C(=O)NC(C)CCC(=O)O)cc(Cl)c1OCC(C)C. The summed E-state index contributed by atoms with van der Waals surface area (Å²) in [6.07, 6.45) is 0.342. The Kier molecular flexibility index (Phi) is 7.85. The van der Waals surface area contributed by atoms with Crippen LogP contribution in [0.2, 0.25) is 5.02 Å². The molecular weight excluding hydrogens is 334 g/mol. The second-order valence-corrected chi connectivity index (χ2v) is 6.41. The van der Waals surface area contributed by atoms with Crippen molar-refractivity contribution in [1.29, 1.82) is 0 Å². The lowest BCUT2D eigenvalue weighted by Gasteiger charge is -2.17. The molecule has 134 valence electrons. The fraction of sp³-hybridized carbons (Fsp3) is 0.529. The number of nitrogens with one attached hydrogen (secondary N) is 1. The molecule has 0 bridgehead atoms. The van der Waals surface area contributed by atoms with E-state index in [9.17, 15) is 9.59 Å². The molecule has 6 nitrogen and oxygen atoms in total. The normalized spacial score (nSPS) is 11.9. The molecule has 2 N–H and O–H groups in total. The molecule has 0 heterocycles. The van der Waals surface area contributed by atoms with Crippen molar-refractivity contribution in [3.8, 4) is 11.5 Å². The zero-order chi connectivity index (χ0) is 18.3. The number of aliphatic carboxylic acids is 1. The van der Waals surface area contributed by atoms with Crippen molar-refractivity contribution in [1.82, 2.24) is 5.32 Å². The van der Waals surface area contributed by atoms with Gasteiger partial charge in [-0.15, -0.1) is 0 Å². The van der Waals surface area contributed by atoms with Gasteiger partial charge in [-0.2, -0.15) is 0 Å². The predicted molar refractivity (Wildman–Crippen MR) is 92.1 cm³/mol. The molecule has 0 aromatic heterocycles. The van der Waals surface area contributed by atoms with Crippen LogP contribution in [0, 0.1) is 5.92 Å². The second kappa shape index (κ2) is 9.37. The number of rotatable bonds is 9. The van der Waals surface area contributed by atoms with Crippen LogP contribution in [0.25, 0.3) is 0 Å². The van der Waals surface area contributed by atoms with Crippen LogP contribution in [0.5, 0.6) is 11.5 Å². The van der Waals surface area contributed by atoms with Crippen molar-refractivity contribution in [3.63, 3.8) is 0 Å². The van der Waals surface area contributed by atoms with Gasteiger partial charge in [0.2, 0.25) is 0 Å². The van der Waals surface area contributed by atoms with Crippen LogP contribution in [-0.4, -0.2) is 36.7 Å². The molecule has 1 atom stereocenters. The van der Waals surface area contributed by atoms with E-state index < -0.39 is 5.97 Å². The topological polar surface area (TPSA) is 84.9 Å². The molecule has 0 fully saturated rings. The highest BCUT2D eigenvalue weighted by Gasteiger charge is 2.18. The lowest BCUT2D eigenvalue weighted by molar-refractivity contribution is -0.137. The zero-order valence-electron chi connectivity index (χ0n) is 14.4. The molecule has 0 saturated carbocycles. The Bertz CT molecular complexity index is 589. The quantitative estimate of drug-likeness (QED) is 0.707. The number of benzene rings is 1. The molecule has 0 aliphatic heterocycles. The zero-order valence-corrected chi connectivity index (χ0v) is 15.1. The first-order chi connectivity index (χ1) is 11.2. The number of methoxy groups -OCH3 is 1. The summed E-state index contributed by atoms with van der Waals surface area (Å²) in [5.41, 5.74) is 0.330. The fourth-order valence-electron chi connectivity index (χ4n) is 1.96. The van der Waals surface area contributed by atoms with Gasteiger partial charge < -0.3 is 19.9 Å². The van der Waals surface area contributed by atoms with Crippen LogP contribution in [0.1, 0.15) is 44.0 Å². The van der Waals surface area contributed by atoms with Crippen LogP contribution in [0.15, 0.2) is 12.1 Å². The molecule has 0 spiro atoms. The third-order valence-corrected chi connectivity index (χ3v) is 3.50. The smallest absolute Gasteiger partial charge is 0.303 e. The molecule has 1 amide bonds. The second-order valence-electron chi connectivity index (χ2n) is 6.00. The van der Waals surface area contributed by atoms with Crippen LogP contribution in [-0.2, 0) is 4.79 Å². The number of halogens is 1. The van der Waals surface area contributed by atoms with Gasteiger partial charge in [0.15, 0.2) is 11.5 Å². The van der Waals surface area contributed by atoms with E-state index in [1.54, 1.807) is 13.0 Å². The van der Waals surface area contributed by atoms with Crippen molar-refractivity contribution in [3.05, 3.63) is 22.7 Å². The maximum Gasteiger partial charge on any atom is 0.303 e. The summed E-state index contributed by atoms with van der Waals surface area (Å²) in [6, 6.07) is 2.80. The molecular formula is C17H24ClNO5. The molecule has 1 aromatic rings. The molecule has 0 aliphatic carbocycles. The average Bonchev–Trinajstić information content (AvgIpc) is 2.50. The third-order valence-electron chi connectivity index (χ3n) is 3.22. The summed E-state index contributed by atoms with van der Waals surface area (Å²) < 4.78 is 10.9. The van der Waals surface area contributed by atoms with E-state index in [0.717, 1.165) is 0 Å². The van der Waals surface area contributed by atoms with Crippen LogP contribution in [0.4, 0.5) is 0 Å². The Morgan fingerprint density at radius 3 is 2.50 bits per heavy atom. The van der Waals surface area contributed by atoms with Gasteiger partial charge in [-0.25, -0.2) is 0 Å². The molecule has 0 saturated heterocycles. The van der Waals surface area contributed by atoms with Gasteiger partial charge >= 0.3 is 5.97 Å². The summed E-state index contributed by atoms with van der Waals surface area (Å²) >= 11 is 6.22. The van der Waals surface area contributed by atoms with Crippen LogP contribution >= 0.6 is 11.6 Å². The summed E-state index contributed by atoms with van der Waals surface area (Å²) in [6.45, 7) is 6.26. The van der Waals surface area contributed by atoms with Crippen molar-refractivity contribution in [2.75, 3.05) is 13.7 Å². The van der Waals surface area contributed by atoms with E-state index in [1.165, 1.54) is 13.2 Å². The first-order valence-electron chi connectivity index (χ1n) is 7.77. The third kappa shape index (κ3) is 6.28. The largest absolute Gasteiger partial charge is 0.493 e. The molecule has 24 heavy (non-hydrogen) atoms. The monoisotopic (exact) mass is 357 g/mol. The van der Waals surface area contributed by atoms with E-state index >= 15 is 0 Å². The number of carbonyl (C=O) groups excluding carboxylic acids is 1. The fourth-order valence-corrected chi connectivity index (χ4v) is 2.23. The van der Waals surface area contributed by atoms with E-state index in [-0.39, 0.29) is 18.4 Å². The molecule has 1 rings (SSSR count). The van der Waals surface area contributed by atoms with Crippen LogP contribution in [0.3, 0.4) is 0 Å². The molecule has 1 unspecified atom stereocenters. The van der Waals surface area contributed by atoms with Gasteiger partial charge in [-0.1, -0.05) is 25.4 Å². The van der Waals surface area contributed by atoms with E-state index in [2.05, 4.69) is 5.32 Å². The Morgan fingerprint density at radius 1 is 1.29 bits per heavy atom. The van der Waals surface area contributed by atoms with Crippen molar-refractivity contribution in [2.24, 2.45) is 5.92 Å². The van der Waals surface area contributed by atoms with Gasteiger partial charge in [0.05, 0.1) is 18.7 Å². The standard InChI is InChI=1S/C17H24ClNO5/c1-10(2)9-24-16-13(18)7-12(8-14(16)23-4)17(22)19-11(3)5-6-15(20)21/h7-8,10-11H,5-6,9H2,1-4H3,(H,19,22)(H,20,21). The number of carbonyl (C=O) groups is 2. The first kappa shape index (κ1) is 20.1. The summed E-state index contributed by atoms with van der Waals surface area (Å²) in [5.74, 6) is -0.130. The Balaban J connectivity index is 2.86. The molecule has 1 aromatic carbocycles. The molecule has 7 heteroatoms. The lowest BCUT2D eigenvalue weighted by Crippen LogP contribution is -2.33. The highest BCUT2D eigenvalue weighted by Crippen LogP contribution is 2.36. The minimum absolute atomic E-state index is 0.00644. The number of hydrogen-bond acceptors (Lipinski definition) is 4. The molecule has 0 radical (unpaired) electrons. The summed E-state index contributed by atoms with van der Waals surface area (Å²) in [4.78, 5) is 22.9. The highest BCUT2D eigenvalue weighted by atomic mass is 35.5. The minimum Gasteiger partial charge on any atom is -0.493 e. The number of hydrogen-bond donors (Lipinski definition) is 2. The molecule has 0 aliphatic rings.